The summed E-state index contributed by atoms with van der Waals surface area (Å²) >= 11 is 0. The summed E-state index contributed by atoms with van der Waals surface area (Å²) in [5.74, 6) is 0. The lowest BCUT2D eigenvalue weighted by molar-refractivity contribution is 0.467. The molecule has 1 heteroatoms. The number of hydrogen-bond acceptors (Lipinski definition) is 1. The van der Waals surface area contributed by atoms with Crippen LogP contribution in [0.4, 0.5) is 0 Å². The fraction of sp³-hybridized carbons (Fsp3) is 1.00. The first-order valence-electron chi connectivity index (χ1n) is 8.54. The highest BCUT2D eigenvalue weighted by Crippen LogP contribution is 2.08. The van der Waals surface area contributed by atoms with Gasteiger partial charge in [0, 0.05) is 6.04 Å². The van der Waals surface area contributed by atoms with Gasteiger partial charge in [0.15, 0.2) is 0 Å². The van der Waals surface area contributed by atoms with Crippen molar-refractivity contribution in [3.63, 3.8) is 0 Å². The van der Waals surface area contributed by atoms with Crippen LogP contribution in [0.15, 0.2) is 0 Å². The molecule has 1 atom stereocenters. The molecule has 0 saturated heterocycles. The van der Waals surface area contributed by atoms with E-state index in [0.29, 0.717) is 0 Å². The molecule has 1 unspecified atom stereocenters. The lowest BCUT2D eigenvalue weighted by Crippen LogP contribution is -2.26. The topological polar surface area (TPSA) is 12.0 Å². The number of hydrogen-bond donors (Lipinski definition) is 1. The summed E-state index contributed by atoms with van der Waals surface area (Å²) in [4.78, 5) is 0. The maximum absolute atomic E-state index is 3.66. The quantitative estimate of drug-likeness (QED) is 0.393. The molecule has 0 amide bonds. The summed E-state index contributed by atoms with van der Waals surface area (Å²) in [6, 6.07) is 0.724. The van der Waals surface area contributed by atoms with Crippen LogP contribution in [0.5, 0.6) is 0 Å². The third-order valence-electron chi connectivity index (χ3n) is 3.76. The third kappa shape index (κ3) is 14.0. The van der Waals surface area contributed by atoms with Gasteiger partial charge in [-0.2, -0.15) is 0 Å². The Bertz CT molecular complexity index is 145. The van der Waals surface area contributed by atoms with Gasteiger partial charge in [-0.1, -0.05) is 78.1 Å². The van der Waals surface area contributed by atoms with Crippen molar-refractivity contribution in [2.24, 2.45) is 0 Å². The molecule has 0 aromatic carbocycles. The summed E-state index contributed by atoms with van der Waals surface area (Å²) in [7, 11) is 0. The summed E-state index contributed by atoms with van der Waals surface area (Å²) < 4.78 is 0. The average molecular weight is 255 g/mol. The van der Waals surface area contributed by atoms with E-state index in [1.165, 1.54) is 83.6 Å². The molecule has 0 fully saturated rings. The van der Waals surface area contributed by atoms with E-state index in [0.717, 1.165) is 6.04 Å². The second kappa shape index (κ2) is 15.0. The number of rotatable bonds is 14. The highest BCUT2D eigenvalue weighted by Gasteiger charge is 2.00. The third-order valence-corrected chi connectivity index (χ3v) is 3.76. The molecular weight excluding hydrogens is 218 g/mol. The van der Waals surface area contributed by atoms with Crippen molar-refractivity contribution in [2.75, 3.05) is 6.54 Å². The molecule has 18 heavy (non-hydrogen) atoms. The van der Waals surface area contributed by atoms with Crippen molar-refractivity contribution in [1.29, 1.82) is 0 Å². The number of nitrogens with one attached hydrogen (secondary N) is 1. The zero-order chi connectivity index (χ0) is 13.5. The maximum atomic E-state index is 3.66. The summed E-state index contributed by atoms with van der Waals surface area (Å²) in [5, 5.41) is 3.66. The van der Waals surface area contributed by atoms with Crippen molar-refractivity contribution in [3.05, 3.63) is 0 Å². The minimum absolute atomic E-state index is 0.724. The normalized spacial score (nSPS) is 12.8. The zero-order valence-corrected chi connectivity index (χ0v) is 13.3. The summed E-state index contributed by atoms with van der Waals surface area (Å²) in [6.07, 6.45) is 16.8. The maximum Gasteiger partial charge on any atom is 0.00387 e. The molecule has 0 aliphatic heterocycles. The van der Waals surface area contributed by atoms with E-state index in [9.17, 15) is 0 Å². The van der Waals surface area contributed by atoms with Crippen LogP contribution in [-0.4, -0.2) is 12.6 Å². The Kier molecular flexibility index (Phi) is 15.0. The first-order valence-corrected chi connectivity index (χ1v) is 8.54. The minimum Gasteiger partial charge on any atom is -0.314 e. The van der Waals surface area contributed by atoms with Gasteiger partial charge in [-0.3, -0.25) is 0 Å². The zero-order valence-electron chi connectivity index (χ0n) is 13.3. The van der Waals surface area contributed by atoms with E-state index in [-0.39, 0.29) is 0 Å². The second-order valence-corrected chi connectivity index (χ2v) is 5.83. The lowest BCUT2D eigenvalue weighted by Gasteiger charge is -2.13. The van der Waals surface area contributed by atoms with Crippen LogP contribution in [0.25, 0.3) is 0 Å². The van der Waals surface area contributed by atoms with Crippen LogP contribution < -0.4 is 5.32 Å². The lowest BCUT2D eigenvalue weighted by atomic mass is 10.1. The Morgan fingerprint density at radius 2 is 1.17 bits per heavy atom. The van der Waals surface area contributed by atoms with Crippen LogP contribution in [0.3, 0.4) is 0 Å². The standard InChI is InChI=1S/C17H37N/c1-4-6-8-10-12-14-16-18-17(3)15-13-11-9-7-5-2/h17-18H,4-16H2,1-3H3. The second-order valence-electron chi connectivity index (χ2n) is 5.83. The van der Waals surface area contributed by atoms with E-state index in [4.69, 9.17) is 0 Å². The van der Waals surface area contributed by atoms with Crippen molar-refractivity contribution >= 4 is 0 Å². The van der Waals surface area contributed by atoms with Gasteiger partial charge in [0.25, 0.3) is 0 Å². The van der Waals surface area contributed by atoms with Crippen molar-refractivity contribution in [1.82, 2.24) is 5.32 Å². The van der Waals surface area contributed by atoms with Gasteiger partial charge < -0.3 is 5.32 Å². The molecule has 1 nitrogen and oxygen atoms in total. The molecule has 0 saturated carbocycles. The SMILES string of the molecule is CCCCCCCCNC(C)CCCCCCC. The van der Waals surface area contributed by atoms with Gasteiger partial charge in [-0.25, -0.2) is 0 Å². The van der Waals surface area contributed by atoms with Crippen molar-refractivity contribution in [3.8, 4) is 0 Å². The monoisotopic (exact) mass is 255 g/mol. The van der Waals surface area contributed by atoms with E-state index in [2.05, 4.69) is 26.1 Å². The fourth-order valence-corrected chi connectivity index (χ4v) is 2.41. The molecular formula is C17H37N. The van der Waals surface area contributed by atoms with E-state index < -0.39 is 0 Å². The molecule has 0 aliphatic rings. The molecule has 0 aliphatic carbocycles. The van der Waals surface area contributed by atoms with Gasteiger partial charge >= 0.3 is 0 Å². The van der Waals surface area contributed by atoms with E-state index in [1.54, 1.807) is 0 Å². The largest absolute Gasteiger partial charge is 0.314 e. The van der Waals surface area contributed by atoms with Gasteiger partial charge in [0.2, 0.25) is 0 Å². The minimum atomic E-state index is 0.724. The highest BCUT2D eigenvalue weighted by molar-refractivity contribution is 4.61. The molecule has 110 valence electrons. The molecule has 0 heterocycles. The average Bonchev–Trinajstić information content (AvgIpc) is 2.37. The Balaban J connectivity index is 3.09. The highest BCUT2D eigenvalue weighted by atomic mass is 14.9. The Morgan fingerprint density at radius 1 is 0.667 bits per heavy atom. The van der Waals surface area contributed by atoms with Crippen LogP contribution in [-0.2, 0) is 0 Å². The van der Waals surface area contributed by atoms with Gasteiger partial charge in [0.05, 0.1) is 0 Å². The van der Waals surface area contributed by atoms with Gasteiger partial charge in [0.1, 0.15) is 0 Å². The molecule has 0 rings (SSSR count). The fourth-order valence-electron chi connectivity index (χ4n) is 2.41. The summed E-state index contributed by atoms with van der Waals surface area (Å²) in [6.45, 7) is 8.13. The molecule has 0 bridgehead atoms. The Hall–Kier alpha value is -0.0400. The first kappa shape index (κ1) is 18.0. The first-order chi connectivity index (χ1) is 8.81. The predicted molar refractivity (Wildman–Crippen MR) is 84.2 cm³/mol. The van der Waals surface area contributed by atoms with Crippen molar-refractivity contribution in [2.45, 2.75) is 104 Å². The Morgan fingerprint density at radius 3 is 1.78 bits per heavy atom. The van der Waals surface area contributed by atoms with Crippen LogP contribution in [0.2, 0.25) is 0 Å². The molecule has 0 spiro atoms. The van der Waals surface area contributed by atoms with E-state index in [1.807, 2.05) is 0 Å². The van der Waals surface area contributed by atoms with Gasteiger partial charge in [-0.15, -0.1) is 0 Å². The summed E-state index contributed by atoms with van der Waals surface area (Å²) in [5.41, 5.74) is 0. The molecule has 0 aromatic rings. The van der Waals surface area contributed by atoms with Crippen LogP contribution >= 0.6 is 0 Å². The van der Waals surface area contributed by atoms with Crippen LogP contribution in [0.1, 0.15) is 97.8 Å². The predicted octanol–water partition coefficient (Wildman–Crippen LogP) is 5.69. The van der Waals surface area contributed by atoms with Crippen LogP contribution in [0, 0.1) is 0 Å². The smallest absolute Gasteiger partial charge is 0.00387 e. The number of unbranched alkanes of at least 4 members (excludes halogenated alkanes) is 9. The molecule has 0 aromatic heterocycles. The van der Waals surface area contributed by atoms with E-state index >= 15 is 0 Å². The molecule has 1 N–H and O–H groups in total. The molecule has 0 radical (unpaired) electrons. The van der Waals surface area contributed by atoms with Crippen molar-refractivity contribution < 1.29 is 0 Å². The Labute approximate surface area is 116 Å². The van der Waals surface area contributed by atoms with Gasteiger partial charge in [-0.05, 0) is 26.3 Å².